The summed E-state index contributed by atoms with van der Waals surface area (Å²) in [5.41, 5.74) is -0.237. The largest absolute Gasteiger partial charge is 0.385 e. The van der Waals surface area contributed by atoms with E-state index < -0.39 is 11.4 Å². The molecule has 0 bridgehead atoms. The Hall–Kier alpha value is -0.120. The zero-order valence-corrected chi connectivity index (χ0v) is 8.99. The van der Waals surface area contributed by atoms with Crippen LogP contribution < -0.4 is 0 Å². The fourth-order valence-electron chi connectivity index (χ4n) is 1.27. The maximum atomic E-state index is 13.3. The molecule has 2 rings (SSSR count). The van der Waals surface area contributed by atoms with Gasteiger partial charge in [0, 0.05) is 5.56 Å². The number of benzene rings is 1. The lowest BCUT2D eigenvalue weighted by molar-refractivity contribution is 0.150. The number of aliphatic hydroxyl groups is 1. The smallest absolute Gasteiger partial charge is 0.156 e. The second-order valence-electron chi connectivity index (χ2n) is 3.25. The summed E-state index contributed by atoms with van der Waals surface area (Å²) in [4.78, 5) is 0. The Bertz CT molecular complexity index is 363. The van der Waals surface area contributed by atoms with Crippen molar-refractivity contribution in [1.29, 1.82) is 0 Å². The quantitative estimate of drug-likeness (QED) is 0.773. The molecule has 0 aliphatic heterocycles. The number of rotatable bonds is 1. The summed E-state index contributed by atoms with van der Waals surface area (Å²) in [7, 11) is 0. The summed E-state index contributed by atoms with van der Waals surface area (Å²) in [6.07, 6.45) is 1.37. The summed E-state index contributed by atoms with van der Waals surface area (Å²) in [5, 5.41) is 9.83. The Morgan fingerprint density at radius 2 is 2.08 bits per heavy atom. The van der Waals surface area contributed by atoms with Crippen LogP contribution in [0.4, 0.5) is 4.39 Å². The molecule has 0 saturated heterocycles. The van der Waals surface area contributed by atoms with Gasteiger partial charge in [-0.05, 0) is 34.8 Å². The van der Waals surface area contributed by atoms with Crippen molar-refractivity contribution in [2.75, 3.05) is 0 Å². The Morgan fingerprint density at radius 3 is 2.62 bits per heavy atom. The summed E-state index contributed by atoms with van der Waals surface area (Å²) in [6.45, 7) is 0. The summed E-state index contributed by atoms with van der Waals surface area (Å²) < 4.78 is 13.5. The fourth-order valence-corrected chi connectivity index (χ4v) is 2.26. The van der Waals surface area contributed by atoms with Crippen LogP contribution in [-0.2, 0) is 5.60 Å². The molecule has 1 nitrogen and oxygen atoms in total. The molecular formula is C9H7BrClFO. The average Bonchev–Trinajstić information content (AvgIpc) is 2.80. The van der Waals surface area contributed by atoms with Gasteiger partial charge in [-0.1, -0.05) is 17.7 Å². The highest BCUT2D eigenvalue weighted by atomic mass is 79.9. The summed E-state index contributed by atoms with van der Waals surface area (Å²) >= 11 is 8.66. The molecule has 1 aliphatic rings. The lowest BCUT2D eigenvalue weighted by atomic mass is 10.1. The van der Waals surface area contributed by atoms with E-state index in [1.165, 1.54) is 6.07 Å². The van der Waals surface area contributed by atoms with Crippen molar-refractivity contribution in [2.45, 2.75) is 18.4 Å². The second kappa shape index (κ2) is 2.94. The lowest BCUT2D eigenvalue weighted by Crippen LogP contribution is -2.06. The van der Waals surface area contributed by atoms with Gasteiger partial charge in [0.1, 0.15) is 0 Å². The van der Waals surface area contributed by atoms with Gasteiger partial charge in [0.15, 0.2) is 5.82 Å². The van der Waals surface area contributed by atoms with E-state index in [1.54, 1.807) is 6.07 Å². The first-order valence-corrected chi connectivity index (χ1v) is 5.08. The standard InChI is InChI=1S/C9H7BrClFO/c10-7-5(9(13)3-4-9)1-2-6(11)8(7)12/h1-2,13H,3-4H2. The Labute approximate surface area is 88.7 Å². The van der Waals surface area contributed by atoms with Gasteiger partial charge in [-0.15, -0.1) is 0 Å². The van der Waals surface area contributed by atoms with E-state index in [9.17, 15) is 9.50 Å². The van der Waals surface area contributed by atoms with E-state index in [0.717, 1.165) is 0 Å². The summed E-state index contributed by atoms with van der Waals surface area (Å²) in [6, 6.07) is 3.12. The van der Waals surface area contributed by atoms with Crippen molar-refractivity contribution in [3.05, 3.63) is 33.0 Å². The predicted molar refractivity (Wildman–Crippen MR) is 52.2 cm³/mol. The zero-order chi connectivity index (χ0) is 9.64. The minimum Gasteiger partial charge on any atom is -0.385 e. The molecule has 0 unspecified atom stereocenters. The van der Waals surface area contributed by atoms with Gasteiger partial charge in [0.25, 0.3) is 0 Å². The molecular weight excluding hydrogens is 258 g/mol. The molecule has 4 heteroatoms. The third kappa shape index (κ3) is 1.49. The molecule has 0 amide bonds. The molecule has 0 heterocycles. The Kier molecular flexibility index (Phi) is 2.13. The van der Waals surface area contributed by atoms with Crippen molar-refractivity contribution in [3.8, 4) is 0 Å². The Balaban J connectivity index is 2.54. The highest BCUT2D eigenvalue weighted by Crippen LogP contribution is 2.48. The topological polar surface area (TPSA) is 20.2 Å². The molecule has 0 aromatic heterocycles. The van der Waals surface area contributed by atoms with Crippen LogP contribution in [0.5, 0.6) is 0 Å². The third-order valence-electron chi connectivity index (χ3n) is 2.26. The molecule has 1 fully saturated rings. The number of halogens is 3. The minimum atomic E-state index is -0.829. The molecule has 1 N–H and O–H groups in total. The van der Waals surface area contributed by atoms with Gasteiger partial charge in [-0.3, -0.25) is 0 Å². The molecule has 1 aromatic carbocycles. The molecule has 0 radical (unpaired) electrons. The molecule has 13 heavy (non-hydrogen) atoms. The highest BCUT2D eigenvalue weighted by molar-refractivity contribution is 9.10. The van der Waals surface area contributed by atoms with Crippen LogP contribution in [0.1, 0.15) is 18.4 Å². The van der Waals surface area contributed by atoms with E-state index >= 15 is 0 Å². The van der Waals surface area contributed by atoms with Gasteiger partial charge in [-0.25, -0.2) is 4.39 Å². The van der Waals surface area contributed by atoms with Crippen LogP contribution in [0, 0.1) is 5.82 Å². The lowest BCUT2D eigenvalue weighted by Gasteiger charge is -2.11. The average molecular weight is 266 g/mol. The molecule has 0 atom stereocenters. The monoisotopic (exact) mass is 264 g/mol. The first-order valence-electron chi connectivity index (χ1n) is 3.91. The fraction of sp³-hybridized carbons (Fsp3) is 0.333. The van der Waals surface area contributed by atoms with E-state index in [4.69, 9.17) is 11.6 Å². The van der Waals surface area contributed by atoms with Crippen LogP contribution in [0.25, 0.3) is 0 Å². The second-order valence-corrected chi connectivity index (χ2v) is 4.45. The van der Waals surface area contributed by atoms with Crippen LogP contribution in [0.15, 0.2) is 16.6 Å². The Morgan fingerprint density at radius 1 is 1.46 bits per heavy atom. The maximum absolute atomic E-state index is 13.3. The van der Waals surface area contributed by atoms with Crippen molar-refractivity contribution in [1.82, 2.24) is 0 Å². The predicted octanol–water partition coefficient (Wildman–Crippen LogP) is 3.22. The molecule has 1 aliphatic carbocycles. The minimum absolute atomic E-state index is 0.0693. The molecule has 0 spiro atoms. The normalized spacial score (nSPS) is 18.8. The van der Waals surface area contributed by atoms with Gasteiger partial charge in [0.05, 0.1) is 15.1 Å². The highest BCUT2D eigenvalue weighted by Gasteiger charge is 2.44. The molecule has 70 valence electrons. The van der Waals surface area contributed by atoms with Crippen molar-refractivity contribution < 1.29 is 9.50 Å². The SMILES string of the molecule is OC1(c2ccc(Cl)c(F)c2Br)CC1. The van der Waals surface area contributed by atoms with Crippen LogP contribution in [0.2, 0.25) is 5.02 Å². The first kappa shape index (κ1) is 9.44. The van der Waals surface area contributed by atoms with Crippen molar-refractivity contribution >= 4 is 27.5 Å². The van der Waals surface area contributed by atoms with Crippen molar-refractivity contribution in [2.24, 2.45) is 0 Å². The van der Waals surface area contributed by atoms with Crippen LogP contribution in [0.3, 0.4) is 0 Å². The van der Waals surface area contributed by atoms with E-state index in [2.05, 4.69) is 15.9 Å². The van der Waals surface area contributed by atoms with Gasteiger partial charge in [0.2, 0.25) is 0 Å². The zero-order valence-electron chi connectivity index (χ0n) is 6.65. The van der Waals surface area contributed by atoms with E-state index in [-0.39, 0.29) is 9.50 Å². The number of hydrogen-bond donors (Lipinski definition) is 1. The first-order chi connectivity index (χ1) is 6.04. The van der Waals surface area contributed by atoms with E-state index in [0.29, 0.717) is 18.4 Å². The van der Waals surface area contributed by atoms with Crippen LogP contribution in [-0.4, -0.2) is 5.11 Å². The summed E-state index contributed by atoms with van der Waals surface area (Å²) in [5.74, 6) is -0.500. The van der Waals surface area contributed by atoms with Gasteiger partial charge in [-0.2, -0.15) is 0 Å². The third-order valence-corrected chi connectivity index (χ3v) is 3.33. The molecule has 1 saturated carbocycles. The maximum Gasteiger partial charge on any atom is 0.156 e. The van der Waals surface area contributed by atoms with E-state index in [1.807, 2.05) is 0 Å². The number of hydrogen-bond acceptors (Lipinski definition) is 1. The van der Waals surface area contributed by atoms with Crippen molar-refractivity contribution in [3.63, 3.8) is 0 Å². The van der Waals surface area contributed by atoms with Crippen LogP contribution >= 0.6 is 27.5 Å². The molecule has 1 aromatic rings. The van der Waals surface area contributed by atoms with Gasteiger partial charge >= 0.3 is 0 Å². The van der Waals surface area contributed by atoms with Gasteiger partial charge < -0.3 is 5.11 Å².